The van der Waals surface area contributed by atoms with Gasteiger partial charge in [0.05, 0.1) is 5.56 Å². The molecule has 3 aromatic heterocycles. The summed E-state index contributed by atoms with van der Waals surface area (Å²) in [6.45, 7) is 2.00. The van der Waals surface area contributed by atoms with E-state index in [2.05, 4.69) is 30.6 Å². The maximum absolute atomic E-state index is 12.9. The Balaban J connectivity index is 1.61. The fourth-order valence-electron chi connectivity index (χ4n) is 3.64. The molecule has 0 saturated heterocycles. The first-order chi connectivity index (χ1) is 11.6. The Morgan fingerprint density at radius 2 is 2.25 bits per heavy atom. The average Bonchev–Trinajstić information content (AvgIpc) is 3.33. The van der Waals surface area contributed by atoms with E-state index in [0.717, 1.165) is 35.9 Å². The largest absolute Gasteiger partial charge is 0.346 e. The molecule has 4 rings (SSSR count). The van der Waals surface area contributed by atoms with E-state index in [9.17, 15) is 4.79 Å². The van der Waals surface area contributed by atoms with Crippen molar-refractivity contribution in [2.75, 3.05) is 7.05 Å². The zero-order chi connectivity index (χ0) is 16.7. The molecule has 8 nitrogen and oxygen atoms in total. The van der Waals surface area contributed by atoms with Gasteiger partial charge in [-0.2, -0.15) is 5.21 Å². The number of aromatic amines is 2. The fraction of sp³-hybridized carbons (Fsp3) is 0.438. The van der Waals surface area contributed by atoms with Gasteiger partial charge in [-0.05, 0) is 31.4 Å². The van der Waals surface area contributed by atoms with Crippen LogP contribution in [-0.2, 0) is 0 Å². The smallest absolute Gasteiger partial charge is 0.255 e. The molecular weight excluding hydrogens is 306 g/mol. The van der Waals surface area contributed by atoms with E-state index in [1.165, 1.54) is 0 Å². The van der Waals surface area contributed by atoms with Gasteiger partial charge in [-0.15, -0.1) is 10.2 Å². The second kappa shape index (κ2) is 5.70. The standard InChI is InChI=1S/C16H19N7O/c1-9-7-17-14-12(9)6-10(8-18-14)16(24)23(2)13-5-3-4-11(13)15-19-21-22-20-15/h6-8,11,13H,3-5H2,1-2H3,(H,17,18)(H,19,20,21,22). The molecule has 1 saturated carbocycles. The number of nitrogens with zero attached hydrogens (tertiary/aromatic N) is 5. The highest BCUT2D eigenvalue weighted by Gasteiger charge is 2.36. The van der Waals surface area contributed by atoms with Crippen molar-refractivity contribution < 1.29 is 4.79 Å². The minimum absolute atomic E-state index is 0.0228. The number of aromatic nitrogens is 6. The Hall–Kier alpha value is -2.77. The van der Waals surface area contributed by atoms with E-state index in [4.69, 9.17) is 0 Å². The lowest BCUT2D eigenvalue weighted by molar-refractivity contribution is 0.0719. The molecule has 124 valence electrons. The van der Waals surface area contributed by atoms with E-state index in [1.54, 1.807) is 11.1 Å². The van der Waals surface area contributed by atoms with Gasteiger partial charge in [-0.25, -0.2) is 4.98 Å². The second-order valence-corrected chi connectivity index (χ2v) is 6.38. The van der Waals surface area contributed by atoms with Crippen LogP contribution in [0, 0.1) is 6.92 Å². The van der Waals surface area contributed by atoms with Crippen LogP contribution in [0.2, 0.25) is 0 Å². The van der Waals surface area contributed by atoms with Crippen LogP contribution in [0.1, 0.15) is 46.9 Å². The van der Waals surface area contributed by atoms with Crippen LogP contribution in [0.5, 0.6) is 0 Å². The minimum Gasteiger partial charge on any atom is -0.346 e. The molecule has 1 aliphatic carbocycles. The third-order valence-corrected chi connectivity index (χ3v) is 4.98. The number of amides is 1. The molecular formula is C16H19N7O. The highest BCUT2D eigenvalue weighted by atomic mass is 16.2. The Morgan fingerprint density at radius 1 is 1.38 bits per heavy atom. The molecule has 2 N–H and O–H groups in total. The molecule has 1 fully saturated rings. The Kier molecular flexibility index (Phi) is 3.51. The van der Waals surface area contributed by atoms with Crippen LogP contribution in [0.4, 0.5) is 0 Å². The van der Waals surface area contributed by atoms with Crippen molar-refractivity contribution in [2.24, 2.45) is 0 Å². The number of nitrogens with one attached hydrogen (secondary N) is 2. The van der Waals surface area contributed by atoms with Gasteiger partial charge in [0.1, 0.15) is 5.65 Å². The van der Waals surface area contributed by atoms with E-state index in [0.29, 0.717) is 11.4 Å². The molecule has 0 bridgehead atoms. The Bertz CT molecular complexity index is 870. The quantitative estimate of drug-likeness (QED) is 0.764. The number of fused-ring (bicyclic) bond motifs is 1. The number of rotatable bonds is 3. The summed E-state index contributed by atoms with van der Waals surface area (Å²) in [5.74, 6) is 0.793. The third kappa shape index (κ3) is 2.34. The van der Waals surface area contributed by atoms with E-state index >= 15 is 0 Å². The highest BCUT2D eigenvalue weighted by Crippen LogP contribution is 2.36. The Labute approximate surface area is 138 Å². The summed E-state index contributed by atoms with van der Waals surface area (Å²) in [7, 11) is 1.85. The van der Waals surface area contributed by atoms with E-state index in [-0.39, 0.29) is 17.9 Å². The molecule has 1 amide bonds. The van der Waals surface area contributed by atoms with Crippen LogP contribution >= 0.6 is 0 Å². The maximum Gasteiger partial charge on any atom is 0.255 e. The third-order valence-electron chi connectivity index (χ3n) is 4.98. The summed E-state index contributed by atoms with van der Waals surface area (Å²) in [4.78, 5) is 22.2. The zero-order valence-corrected chi connectivity index (χ0v) is 13.7. The second-order valence-electron chi connectivity index (χ2n) is 6.38. The van der Waals surface area contributed by atoms with E-state index in [1.807, 2.05) is 26.2 Å². The number of H-pyrrole nitrogens is 2. The monoisotopic (exact) mass is 325 g/mol. The number of aryl methyl sites for hydroxylation is 1. The predicted molar refractivity (Wildman–Crippen MR) is 87.5 cm³/mol. The van der Waals surface area contributed by atoms with Crippen LogP contribution in [-0.4, -0.2) is 54.5 Å². The SMILES string of the molecule is Cc1c[nH]c2ncc(C(=O)N(C)C3CCCC3c3nn[nH]n3)cc12. The molecule has 0 aromatic carbocycles. The highest BCUT2D eigenvalue weighted by molar-refractivity contribution is 5.97. The molecule has 24 heavy (non-hydrogen) atoms. The summed E-state index contributed by atoms with van der Waals surface area (Å²) >= 11 is 0. The van der Waals surface area contributed by atoms with Crippen molar-refractivity contribution in [3.63, 3.8) is 0 Å². The van der Waals surface area contributed by atoms with Gasteiger partial charge >= 0.3 is 0 Å². The van der Waals surface area contributed by atoms with Gasteiger partial charge in [-0.1, -0.05) is 11.6 Å². The number of pyridine rings is 1. The van der Waals surface area contributed by atoms with Gasteiger partial charge in [0.15, 0.2) is 5.82 Å². The van der Waals surface area contributed by atoms with Gasteiger partial charge in [0, 0.05) is 36.8 Å². The van der Waals surface area contributed by atoms with Crippen molar-refractivity contribution in [1.82, 2.24) is 35.5 Å². The molecule has 3 aromatic rings. The van der Waals surface area contributed by atoms with Crippen LogP contribution in [0.25, 0.3) is 11.0 Å². The van der Waals surface area contributed by atoms with Gasteiger partial charge in [0.25, 0.3) is 5.91 Å². The van der Waals surface area contributed by atoms with Crippen molar-refractivity contribution in [2.45, 2.75) is 38.1 Å². The molecule has 0 spiro atoms. The van der Waals surface area contributed by atoms with Crippen molar-refractivity contribution in [3.05, 3.63) is 35.4 Å². The topological polar surface area (TPSA) is 103 Å². The number of likely N-dealkylation sites (N-methyl/N-ethyl adjacent to an activating group) is 1. The number of carbonyl (C=O) groups is 1. The van der Waals surface area contributed by atoms with Crippen LogP contribution in [0.15, 0.2) is 18.5 Å². The van der Waals surface area contributed by atoms with Crippen molar-refractivity contribution in [3.8, 4) is 0 Å². The lowest BCUT2D eigenvalue weighted by atomic mass is 10.0. The first-order valence-corrected chi connectivity index (χ1v) is 8.09. The Morgan fingerprint density at radius 3 is 3.04 bits per heavy atom. The lowest BCUT2D eigenvalue weighted by Crippen LogP contribution is -2.38. The molecule has 0 aliphatic heterocycles. The summed E-state index contributed by atoms with van der Waals surface area (Å²) < 4.78 is 0. The molecule has 3 heterocycles. The van der Waals surface area contributed by atoms with E-state index < -0.39 is 0 Å². The molecule has 1 aliphatic rings. The zero-order valence-electron chi connectivity index (χ0n) is 13.7. The number of hydrogen-bond donors (Lipinski definition) is 2. The maximum atomic E-state index is 12.9. The van der Waals surface area contributed by atoms with Crippen molar-refractivity contribution in [1.29, 1.82) is 0 Å². The number of hydrogen-bond acceptors (Lipinski definition) is 5. The average molecular weight is 325 g/mol. The molecule has 8 heteroatoms. The van der Waals surface area contributed by atoms with Crippen LogP contribution in [0.3, 0.4) is 0 Å². The summed E-state index contributed by atoms with van der Waals surface area (Å²) in [5.41, 5.74) is 2.49. The number of carbonyl (C=O) groups excluding carboxylic acids is 1. The first-order valence-electron chi connectivity index (χ1n) is 8.09. The van der Waals surface area contributed by atoms with Gasteiger partial charge in [-0.3, -0.25) is 4.79 Å². The minimum atomic E-state index is -0.0228. The fourth-order valence-corrected chi connectivity index (χ4v) is 3.64. The molecule has 2 unspecified atom stereocenters. The van der Waals surface area contributed by atoms with Crippen molar-refractivity contribution >= 4 is 16.9 Å². The summed E-state index contributed by atoms with van der Waals surface area (Å²) in [5, 5.41) is 15.3. The normalized spacial score (nSPS) is 20.6. The summed E-state index contributed by atoms with van der Waals surface area (Å²) in [6, 6.07) is 1.99. The number of tetrazole rings is 1. The van der Waals surface area contributed by atoms with Gasteiger partial charge in [0.2, 0.25) is 0 Å². The first kappa shape index (κ1) is 14.8. The molecule has 0 radical (unpaired) electrons. The predicted octanol–water partition coefficient (Wildman–Crippen LogP) is 1.79. The molecule has 2 atom stereocenters. The lowest BCUT2D eigenvalue weighted by Gasteiger charge is -2.28. The van der Waals surface area contributed by atoms with Gasteiger partial charge < -0.3 is 9.88 Å². The van der Waals surface area contributed by atoms with Crippen LogP contribution < -0.4 is 0 Å². The summed E-state index contributed by atoms with van der Waals surface area (Å²) in [6.07, 6.45) is 6.50.